The van der Waals surface area contributed by atoms with Gasteiger partial charge in [0.15, 0.2) is 0 Å². The van der Waals surface area contributed by atoms with Crippen molar-refractivity contribution < 1.29 is 14.3 Å². The van der Waals surface area contributed by atoms with Crippen LogP contribution in [0.25, 0.3) is 32.8 Å². The van der Waals surface area contributed by atoms with Gasteiger partial charge in [0.1, 0.15) is 11.4 Å². The van der Waals surface area contributed by atoms with E-state index in [9.17, 15) is 4.79 Å². The summed E-state index contributed by atoms with van der Waals surface area (Å²) in [5.41, 5.74) is 9.58. The van der Waals surface area contributed by atoms with Gasteiger partial charge in [0.25, 0.3) is 0 Å². The third kappa shape index (κ3) is 7.00. The number of nitrogens with zero attached hydrogens (tertiary/aromatic N) is 6. The summed E-state index contributed by atoms with van der Waals surface area (Å²) in [6, 6.07) is 19.2. The number of hydrogen-bond acceptors (Lipinski definition) is 6. The highest BCUT2D eigenvalue weighted by Crippen LogP contribution is 2.43. The number of rotatable bonds is 14. The molecule has 1 saturated carbocycles. The first-order chi connectivity index (χ1) is 25.1. The van der Waals surface area contributed by atoms with Crippen molar-refractivity contribution in [3.8, 4) is 16.9 Å². The topological polar surface area (TPSA) is 79.3 Å². The van der Waals surface area contributed by atoms with Crippen LogP contribution in [0.1, 0.15) is 70.6 Å². The molecule has 0 atom stereocenters. The predicted octanol–water partition coefficient (Wildman–Crippen LogP) is 8.98. The Balaban J connectivity index is 1.25. The first kappa shape index (κ1) is 36.2. The molecule has 6 aromatic rings. The number of fused-ring (bicyclic) bond motifs is 2. The molecule has 3 aromatic carbocycles. The fourth-order valence-electron chi connectivity index (χ4n) is 7.56. The zero-order valence-electron chi connectivity index (χ0n) is 30.8. The van der Waals surface area contributed by atoms with E-state index >= 15 is 0 Å². The van der Waals surface area contributed by atoms with Gasteiger partial charge in [-0.2, -0.15) is 10.2 Å². The van der Waals surface area contributed by atoms with Crippen LogP contribution in [0.5, 0.6) is 5.75 Å². The average Bonchev–Trinajstić information content (AvgIpc) is 3.78. The second kappa shape index (κ2) is 15.1. The van der Waals surface area contributed by atoms with Crippen molar-refractivity contribution in [3.05, 3.63) is 99.2 Å². The largest absolute Gasteiger partial charge is 0.493 e. The summed E-state index contributed by atoms with van der Waals surface area (Å²) < 4.78 is 17.9. The zero-order chi connectivity index (χ0) is 36.7. The SMILES string of the molecule is CCOC(=O)c1c(CCCOc2cc(C)cc3ccccc23)c2ccc(Cl)c(-c3c(CN(Cc4cc(CBr)n(C)n4)C4CC4)nn(C)c3C)c2n1C. The van der Waals surface area contributed by atoms with Crippen LogP contribution in [0.3, 0.4) is 0 Å². The standard InChI is InChI=1S/C41H46BrClN6O3/c1-7-51-41(50)40-32(13-10-18-52-36-20-25(2)19-27-11-8-9-12-31(27)36)33-16-17-34(43)38(39(33)46(40)4)37-26(3)47(5)45-35(37)24-49(29-14-15-29)23-28-21-30(22-42)48(6)44-28/h8-9,11-12,16-17,19-21,29H,7,10,13-15,18,22-24H2,1-6H3. The van der Waals surface area contributed by atoms with Crippen LogP contribution in [-0.4, -0.2) is 54.3 Å². The Hall–Kier alpha value is -4.12. The number of carbonyl (C=O) groups is 1. The van der Waals surface area contributed by atoms with Crippen molar-refractivity contribution in [2.75, 3.05) is 13.2 Å². The van der Waals surface area contributed by atoms with Crippen molar-refractivity contribution in [1.29, 1.82) is 0 Å². The van der Waals surface area contributed by atoms with E-state index in [1.54, 1.807) is 0 Å². The van der Waals surface area contributed by atoms with Gasteiger partial charge in [0.05, 0.1) is 35.1 Å². The Bertz CT molecular complexity index is 2280. The van der Waals surface area contributed by atoms with E-state index in [2.05, 4.69) is 65.0 Å². The molecule has 272 valence electrons. The van der Waals surface area contributed by atoms with Gasteiger partial charge in [-0.1, -0.05) is 63.9 Å². The van der Waals surface area contributed by atoms with Crippen LogP contribution in [-0.2, 0) is 50.7 Å². The van der Waals surface area contributed by atoms with Crippen molar-refractivity contribution in [2.24, 2.45) is 21.1 Å². The molecule has 0 aliphatic heterocycles. The molecule has 0 radical (unpaired) electrons. The second-order valence-corrected chi connectivity index (χ2v) is 14.9. The first-order valence-electron chi connectivity index (χ1n) is 18.0. The summed E-state index contributed by atoms with van der Waals surface area (Å²) in [6.45, 7) is 8.19. The van der Waals surface area contributed by atoms with E-state index in [4.69, 9.17) is 31.3 Å². The lowest BCUT2D eigenvalue weighted by atomic mass is 9.97. The number of alkyl halides is 1. The van der Waals surface area contributed by atoms with Crippen molar-refractivity contribution >= 4 is 55.2 Å². The maximum Gasteiger partial charge on any atom is 0.355 e. The minimum absolute atomic E-state index is 0.285. The van der Waals surface area contributed by atoms with Crippen LogP contribution in [0.4, 0.5) is 0 Å². The second-order valence-electron chi connectivity index (χ2n) is 13.9. The number of hydrogen-bond donors (Lipinski definition) is 0. The van der Waals surface area contributed by atoms with E-state index in [0.29, 0.717) is 42.8 Å². The van der Waals surface area contributed by atoms with Gasteiger partial charge in [-0.25, -0.2) is 4.79 Å². The molecule has 0 unspecified atom stereocenters. The van der Waals surface area contributed by atoms with Gasteiger partial charge in [-0.3, -0.25) is 14.3 Å². The molecule has 0 amide bonds. The van der Waals surface area contributed by atoms with Gasteiger partial charge >= 0.3 is 5.97 Å². The third-order valence-corrected chi connectivity index (χ3v) is 11.2. The number of aromatic nitrogens is 5. The van der Waals surface area contributed by atoms with Gasteiger partial charge in [0, 0.05) is 78.9 Å². The fraction of sp³-hybridized carbons (Fsp3) is 0.390. The summed E-state index contributed by atoms with van der Waals surface area (Å²) >= 11 is 10.8. The Morgan fingerprint density at radius 3 is 2.50 bits per heavy atom. The van der Waals surface area contributed by atoms with Crippen molar-refractivity contribution in [2.45, 2.75) is 70.9 Å². The number of benzene rings is 3. The number of halogens is 2. The van der Waals surface area contributed by atoms with Crippen LogP contribution < -0.4 is 4.74 Å². The summed E-state index contributed by atoms with van der Waals surface area (Å²) in [6.07, 6.45) is 3.65. The minimum atomic E-state index is -0.342. The highest BCUT2D eigenvalue weighted by atomic mass is 79.9. The predicted molar refractivity (Wildman–Crippen MR) is 211 cm³/mol. The third-order valence-electron chi connectivity index (χ3n) is 10.3. The summed E-state index contributed by atoms with van der Waals surface area (Å²) in [4.78, 5) is 16.2. The number of esters is 1. The van der Waals surface area contributed by atoms with Gasteiger partial charge in [-0.15, -0.1) is 0 Å². The lowest BCUT2D eigenvalue weighted by Crippen LogP contribution is -2.26. The Morgan fingerprint density at radius 2 is 1.77 bits per heavy atom. The summed E-state index contributed by atoms with van der Waals surface area (Å²) in [5, 5.41) is 14.5. The molecule has 0 spiro atoms. The number of carbonyl (C=O) groups excluding carboxylic acids is 1. The first-order valence-corrected chi connectivity index (χ1v) is 19.5. The molecule has 7 rings (SSSR count). The Labute approximate surface area is 318 Å². The van der Waals surface area contributed by atoms with Gasteiger partial charge < -0.3 is 14.0 Å². The number of aryl methyl sites for hydroxylation is 5. The quantitative estimate of drug-likeness (QED) is 0.0624. The molecule has 3 heterocycles. The van der Waals surface area contributed by atoms with Gasteiger partial charge in [-0.05, 0) is 81.2 Å². The molecule has 0 bridgehead atoms. The molecule has 11 heteroatoms. The average molecular weight is 786 g/mol. The van der Waals surface area contributed by atoms with Crippen LogP contribution in [0, 0.1) is 13.8 Å². The van der Waals surface area contributed by atoms with Gasteiger partial charge in [0.2, 0.25) is 0 Å². The maximum atomic E-state index is 13.7. The van der Waals surface area contributed by atoms with E-state index in [1.165, 1.54) is 0 Å². The Morgan fingerprint density at radius 1 is 0.981 bits per heavy atom. The minimum Gasteiger partial charge on any atom is -0.493 e. The molecule has 3 aromatic heterocycles. The lowest BCUT2D eigenvalue weighted by Gasteiger charge is -2.21. The number of ether oxygens (including phenoxy) is 2. The molecule has 0 saturated heterocycles. The molecular formula is C41H46BrClN6O3. The van der Waals surface area contributed by atoms with Crippen molar-refractivity contribution in [3.63, 3.8) is 0 Å². The maximum absolute atomic E-state index is 13.7. The van der Waals surface area contributed by atoms with Crippen LogP contribution in [0.2, 0.25) is 5.02 Å². The highest BCUT2D eigenvalue weighted by Gasteiger charge is 2.33. The van der Waals surface area contributed by atoms with E-state index in [-0.39, 0.29) is 12.6 Å². The summed E-state index contributed by atoms with van der Waals surface area (Å²) in [7, 11) is 5.91. The molecular weight excluding hydrogens is 740 g/mol. The normalized spacial score (nSPS) is 13.2. The van der Waals surface area contributed by atoms with E-state index in [0.717, 1.165) is 97.2 Å². The smallest absolute Gasteiger partial charge is 0.355 e. The molecule has 52 heavy (non-hydrogen) atoms. The summed E-state index contributed by atoms with van der Waals surface area (Å²) in [5.74, 6) is 0.532. The molecule has 9 nitrogen and oxygen atoms in total. The zero-order valence-corrected chi connectivity index (χ0v) is 33.1. The monoisotopic (exact) mass is 784 g/mol. The molecule has 1 fully saturated rings. The Kier molecular flexibility index (Phi) is 10.5. The van der Waals surface area contributed by atoms with Crippen LogP contribution >= 0.6 is 27.5 Å². The molecule has 1 aliphatic carbocycles. The van der Waals surface area contributed by atoms with Crippen LogP contribution in [0.15, 0.2) is 54.6 Å². The fourth-order valence-corrected chi connectivity index (χ4v) is 8.33. The van der Waals surface area contributed by atoms with E-state index < -0.39 is 0 Å². The lowest BCUT2D eigenvalue weighted by molar-refractivity contribution is 0.0514. The highest BCUT2D eigenvalue weighted by molar-refractivity contribution is 9.08. The molecule has 1 aliphatic rings. The van der Waals surface area contributed by atoms with E-state index in [1.807, 2.05) is 66.3 Å². The van der Waals surface area contributed by atoms with Crippen molar-refractivity contribution in [1.82, 2.24) is 29.0 Å². The molecule has 0 N–H and O–H groups in total.